The van der Waals surface area contributed by atoms with Gasteiger partial charge in [0, 0.05) is 44.5 Å². The lowest BCUT2D eigenvalue weighted by Crippen LogP contribution is -2.32. The SMILES string of the molecule is C=C1/C=C\C=C/COc2ccccc2C12c1cccc(c1)N(c1ccccc1)c1cc(c3ccc4cc(C(C)(C)C)cc5ccc1c3c54)N(c1ccccc1)c1cccc2c1. The molecular weight excluding hydrogens is 741 g/mol. The Morgan fingerprint density at radius 1 is 0.525 bits per heavy atom. The van der Waals surface area contributed by atoms with Crippen molar-refractivity contribution in [1.82, 2.24) is 0 Å². The molecule has 294 valence electrons. The molecular formula is C58H46N2O. The maximum Gasteiger partial charge on any atom is 0.124 e. The van der Waals surface area contributed by atoms with Crippen LogP contribution in [0.15, 0.2) is 212 Å². The molecule has 2 aliphatic heterocycles. The first-order valence-corrected chi connectivity index (χ1v) is 21.2. The van der Waals surface area contributed by atoms with Crippen LogP contribution >= 0.6 is 0 Å². The molecule has 0 saturated carbocycles. The highest BCUT2D eigenvalue weighted by molar-refractivity contribution is 6.29. The van der Waals surface area contributed by atoms with Gasteiger partial charge in [0.15, 0.2) is 0 Å². The molecule has 61 heavy (non-hydrogen) atoms. The maximum atomic E-state index is 6.62. The van der Waals surface area contributed by atoms with Crippen molar-refractivity contribution in [2.45, 2.75) is 31.6 Å². The van der Waals surface area contributed by atoms with Gasteiger partial charge in [-0.05, 0) is 111 Å². The number of hydrogen-bond donors (Lipinski definition) is 0. The van der Waals surface area contributed by atoms with Crippen LogP contribution in [0.25, 0.3) is 32.3 Å². The number of benzene rings is 9. The zero-order chi connectivity index (χ0) is 41.3. The minimum atomic E-state index is -0.839. The fraction of sp³-hybridized carbons (Fsp3) is 0.103. The van der Waals surface area contributed by atoms with E-state index in [1.807, 2.05) is 6.08 Å². The minimum Gasteiger partial charge on any atom is -0.489 e. The van der Waals surface area contributed by atoms with Gasteiger partial charge in [-0.15, -0.1) is 0 Å². The molecule has 9 aromatic rings. The number of allylic oxidation sites excluding steroid dienone is 4. The number of rotatable bonds is 2. The summed E-state index contributed by atoms with van der Waals surface area (Å²) in [5.74, 6) is 0.828. The second-order valence-electron chi connectivity index (χ2n) is 17.4. The molecule has 2 heterocycles. The maximum absolute atomic E-state index is 6.62. The Morgan fingerprint density at radius 2 is 1.07 bits per heavy atom. The Bertz CT molecular complexity index is 3050. The first kappa shape index (κ1) is 36.7. The van der Waals surface area contributed by atoms with E-state index in [1.165, 1.54) is 37.9 Å². The van der Waals surface area contributed by atoms with Crippen LogP contribution in [0.5, 0.6) is 5.75 Å². The molecule has 3 heteroatoms. The van der Waals surface area contributed by atoms with Crippen LogP contribution < -0.4 is 14.5 Å². The predicted molar refractivity (Wildman–Crippen MR) is 257 cm³/mol. The van der Waals surface area contributed by atoms with Crippen LogP contribution in [0.4, 0.5) is 34.1 Å². The van der Waals surface area contributed by atoms with Gasteiger partial charge in [-0.1, -0.05) is 161 Å². The third kappa shape index (κ3) is 5.79. The molecule has 0 amide bonds. The van der Waals surface area contributed by atoms with Crippen molar-refractivity contribution in [1.29, 1.82) is 0 Å². The van der Waals surface area contributed by atoms with Crippen LogP contribution in [0.3, 0.4) is 0 Å². The second-order valence-corrected chi connectivity index (χ2v) is 17.4. The highest BCUT2D eigenvalue weighted by Crippen LogP contribution is 2.55. The molecule has 0 radical (unpaired) electrons. The van der Waals surface area contributed by atoms with E-state index in [4.69, 9.17) is 11.3 Å². The van der Waals surface area contributed by atoms with Gasteiger partial charge in [0.05, 0.1) is 16.8 Å². The van der Waals surface area contributed by atoms with E-state index in [9.17, 15) is 0 Å². The smallest absolute Gasteiger partial charge is 0.124 e. The highest BCUT2D eigenvalue weighted by Gasteiger charge is 2.42. The van der Waals surface area contributed by atoms with Crippen molar-refractivity contribution in [2.75, 3.05) is 16.4 Å². The number of fused-ring (bicyclic) bond motifs is 12. The van der Waals surface area contributed by atoms with Crippen molar-refractivity contribution >= 4 is 66.4 Å². The summed E-state index contributed by atoms with van der Waals surface area (Å²) in [5.41, 5.74) is 11.1. The lowest BCUT2D eigenvalue weighted by Gasteiger charge is -2.40. The van der Waals surface area contributed by atoms with Gasteiger partial charge in [-0.25, -0.2) is 0 Å². The summed E-state index contributed by atoms with van der Waals surface area (Å²) in [6, 6.07) is 64.9. The summed E-state index contributed by atoms with van der Waals surface area (Å²) in [5, 5.41) is 7.45. The van der Waals surface area contributed by atoms with Crippen molar-refractivity contribution in [3.8, 4) is 5.75 Å². The minimum absolute atomic E-state index is 0.00933. The van der Waals surface area contributed by atoms with Crippen LogP contribution in [0.1, 0.15) is 43.0 Å². The summed E-state index contributed by atoms with van der Waals surface area (Å²) in [6.07, 6.45) is 8.37. The fourth-order valence-corrected chi connectivity index (χ4v) is 9.94. The van der Waals surface area contributed by atoms with Crippen molar-refractivity contribution in [2.24, 2.45) is 0 Å². The third-order valence-corrected chi connectivity index (χ3v) is 12.8. The first-order valence-electron chi connectivity index (χ1n) is 21.2. The molecule has 0 fully saturated rings. The first-order chi connectivity index (χ1) is 29.8. The van der Waals surface area contributed by atoms with Crippen LogP contribution in [-0.4, -0.2) is 6.61 Å². The Hall–Kier alpha value is -7.36. The van der Waals surface area contributed by atoms with Gasteiger partial charge in [0.2, 0.25) is 0 Å². The van der Waals surface area contributed by atoms with Gasteiger partial charge in [-0.3, -0.25) is 0 Å². The lowest BCUT2D eigenvalue weighted by molar-refractivity contribution is 0.355. The number of nitrogens with zero attached hydrogens (tertiary/aromatic N) is 2. The van der Waals surface area contributed by atoms with Gasteiger partial charge in [0.25, 0.3) is 0 Å². The van der Waals surface area contributed by atoms with Crippen LogP contribution in [0.2, 0.25) is 0 Å². The van der Waals surface area contributed by atoms with Gasteiger partial charge in [0.1, 0.15) is 12.4 Å². The van der Waals surface area contributed by atoms with Gasteiger partial charge >= 0.3 is 0 Å². The largest absolute Gasteiger partial charge is 0.489 e. The van der Waals surface area contributed by atoms with Gasteiger partial charge in [-0.2, -0.15) is 0 Å². The van der Waals surface area contributed by atoms with Crippen molar-refractivity contribution < 1.29 is 4.74 Å². The second kappa shape index (κ2) is 14.1. The topological polar surface area (TPSA) is 15.7 Å². The highest BCUT2D eigenvalue weighted by atomic mass is 16.5. The van der Waals surface area contributed by atoms with E-state index < -0.39 is 5.41 Å². The molecule has 1 spiro atoms. The molecule has 0 atom stereocenters. The molecule has 0 aliphatic carbocycles. The molecule has 2 aliphatic rings. The monoisotopic (exact) mass is 786 g/mol. The Labute approximate surface area is 358 Å². The van der Waals surface area contributed by atoms with Crippen molar-refractivity contribution in [3.05, 3.63) is 235 Å². The van der Waals surface area contributed by atoms with E-state index in [2.05, 4.69) is 225 Å². The fourth-order valence-electron chi connectivity index (χ4n) is 9.94. The average molecular weight is 787 g/mol. The summed E-state index contributed by atoms with van der Waals surface area (Å²) in [6.45, 7) is 12.3. The van der Waals surface area contributed by atoms with E-state index >= 15 is 0 Å². The predicted octanol–water partition coefficient (Wildman–Crippen LogP) is 15.5. The zero-order valence-electron chi connectivity index (χ0n) is 34.8. The Morgan fingerprint density at radius 3 is 1.64 bits per heavy atom. The molecule has 11 rings (SSSR count). The van der Waals surface area contributed by atoms with Crippen LogP contribution in [0, 0.1) is 0 Å². The molecule has 0 N–H and O–H groups in total. The van der Waals surface area contributed by atoms with Crippen LogP contribution in [-0.2, 0) is 10.8 Å². The molecule has 6 bridgehead atoms. The molecule has 9 aromatic carbocycles. The standard InChI is InChI=1S/C58H46N2O/c1-39-18-8-7-15-33-61-54-28-14-13-27-51(54)58(39)42-19-16-25-47(36-42)59(45-21-9-5-10-22-45)52-38-53(60(46-23-11-6-12-24-46)48-26-17-20-43(58)37-48)50-32-30-41-35-44(57(2,3)4)34-40-29-31-49(52)56(50)55(40)41/h5-32,34-38H,1,33H2,2-4H3/b15-7-,18-8-. The summed E-state index contributed by atoms with van der Waals surface area (Å²) >= 11 is 0. The van der Waals surface area contributed by atoms with Crippen molar-refractivity contribution in [3.63, 3.8) is 0 Å². The molecule has 0 unspecified atom stereocenters. The normalized spacial score (nSPS) is 15.9. The van der Waals surface area contributed by atoms with Gasteiger partial charge < -0.3 is 14.5 Å². The zero-order valence-corrected chi connectivity index (χ0v) is 34.8. The lowest BCUT2D eigenvalue weighted by atomic mass is 9.64. The number of ether oxygens (including phenoxy) is 1. The van der Waals surface area contributed by atoms with E-state index in [0.29, 0.717) is 6.61 Å². The van der Waals surface area contributed by atoms with E-state index in [1.54, 1.807) is 0 Å². The summed E-state index contributed by atoms with van der Waals surface area (Å²) in [4.78, 5) is 4.91. The third-order valence-electron chi connectivity index (χ3n) is 12.8. The molecule has 3 nitrogen and oxygen atoms in total. The summed E-state index contributed by atoms with van der Waals surface area (Å²) < 4.78 is 6.62. The molecule has 0 saturated heterocycles. The quantitative estimate of drug-likeness (QED) is 0.162. The van der Waals surface area contributed by atoms with E-state index in [-0.39, 0.29) is 5.41 Å². The number of hydrogen-bond acceptors (Lipinski definition) is 3. The number of para-hydroxylation sites is 3. The molecule has 0 aromatic heterocycles. The van der Waals surface area contributed by atoms with E-state index in [0.717, 1.165) is 62.1 Å². The Kier molecular flexibility index (Phi) is 8.51. The summed E-state index contributed by atoms with van der Waals surface area (Å²) in [7, 11) is 0. The Balaban J connectivity index is 1.34. The average Bonchev–Trinajstić information content (AvgIpc) is 3.28. The number of anilines is 6.